The maximum absolute atomic E-state index is 12.5. The molecule has 0 aliphatic rings. The summed E-state index contributed by atoms with van der Waals surface area (Å²) in [6.07, 6.45) is 0. The number of amides is 1. The number of nitrogens with zero attached hydrogens (tertiary/aromatic N) is 2. The first-order valence-electron chi connectivity index (χ1n) is 7.59. The second kappa shape index (κ2) is 7.52. The van der Waals surface area contributed by atoms with Gasteiger partial charge in [0, 0.05) is 17.1 Å². The van der Waals surface area contributed by atoms with Crippen LogP contribution >= 0.6 is 11.6 Å². The van der Waals surface area contributed by atoms with Gasteiger partial charge < -0.3 is 4.42 Å². The highest BCUT2D eigenvalue weighted by molar-refractivity contribution is 6.30. The van der Waals surface area contributed by atoms with Crippen LogP contribution in [0.2, 0.25) is 5.02 Å². The van der Waals surface area contributed by atoms with Crippen LogP contribution in [-0.4, -0.2) is 23.9 Å². The van der Waals surface area contributed by atoms with Gasteiger partial charge in [-0.1, -0.05) is 23.7 Å². The quantitative estimate of drug-likeness (QED) is 0.892. The Hall–Kier alpha value is -2.29. The van der Waals surface area contributed by atoms with Crippen molar-refractivity contribution in [3.05, 3.63) is 51.7 Å². The highest BCUT2D eigenvalue weighted by atomic mass is 35.5. The van der Waals surface area contributed by atoms with Crippen molar-refractivity contribution in [1.29, 1.82) is 5.26 Å². The number of nitriles is 1. The molecule has 0 fully saturated rings. The molecule has 0 radical (unpaired) electrons. The zero-order valence-corrected chi connectivity index (χ0v) is 14.9. The van der Waals surface area contributed by atoms with E-state index in [1.807, 2.05) is 36.2 Å². The van der Waals surface area contributed by atoms with Crippen LogP contribution in [0.3, 0.4) is 0 Å². The number of nitrogens with one attached hydrogen (secondary N) is 1. The van der Waals surface area contributed by atoms with Crippen LogP contribution in [-0.2, 0) is 11.3 Å². The molecule has 0 spiro atoms. The fraction of sp³-hybridized carbons (Fsp3) is 0.333. The van der Waals surface area contributed by atoms with Crippen molar-refractivity contribution in [2.75, 3.05) is 12.4 Å². The maximum atomic E-state index is 12.5. The zero-order valence-electron chi connectivity index (χ0n) is 14.2. The smallest absolute Gasteiger partial charge is 0.243 e. The Morgan fingerprint density at radius 2 is 2.17 bits per heavy atom. The van der Waals surface area contributed by atoms with E-state index in [1.165, 1.54) is 0 Å². The van der Waals surface area contributed by atoms with E-state index in [9.17, 15) is 10.1 Å². The lowest BCUT2D eigenvalue weighted by atomic mass is 10.1. The lowest BCUT2D eigenvalue weighted by Crippen LogP contribution is -2.39. The molecule has 1 aromatic heterocycles. The molecule has 1 N–H and O–H groups in total. The summed E-state index contributed by atoms with van der Waals surface area (Å²) in [6.45, 7) is 5.94. The Kier molecular flexibility index (Phi) is 5.66. The number of carbonyl (C=O) groups is 1. The van der Waals surface area contributed by atoms with E-state index >= 15 is 0 Å². The lowest BCUT2D eigenvalue weighted by Gasteiger charge is -2.23. The summed E-state index contributed by atoms with van der Waals surface area (Å²) in [5.41, 5.74) is 2.13. The molecule has 0 bridgehead atoms. The van der Waals surface area contributed by atoms with Gasteiger partial charge in [0.25, 0.3) is 0 Å². The standard InChI is InChI=1S/C18H20ClN3O2/c1-11-13(3)24-18(16(11)9-20)21-17(23)12(2)22(4)10-14-6-5-7-15(19)8-14/h5-8,12H,10H2,1-4H3,(H,21,23). The highest BCUT2D eigenvalue weighted by Crippen LogP contribution is 2.25. The van der Waals surface area contributed by atoms with Crippen LogP contribution in [0.4, 0.5) is 5.88 Å². The fourth-order valence-electron chi connectivity index (χ4n) is 2.33. The van der Waals surface area contributed by atoms with Gasteiger partial charge in [0.15, 0.2) is 0 Å². The number of anilines is 1. The Labute approximate surface area is 146 Å². The Bertz CT molecular complexity index is 792. The third-order valence-corrected chi connectivity index (χ3v) is 4.33. The van der Waals surface area contributed by atoms with E-state index in [1.54, 1.807) is 20.8 Å². The molecular formula is C18H20ClN3O2. The predicted molar refractivity (Wildman–Crippen MR) is 93.9 cm³/mol. The molecule has 126 valence electrons. The van der Waals surface area contributed by atoms with Gasteiger partial charge in [-0.05, 0) is 45.5 Å². The molecule has 1 aromatic carbocycles. The van der Waals surface area contributed by atoms with E-state index < -0.39 is 6.04 Å². The molecule has 1 heterocycles. The topological polar surface area (TPSA) is 69.3 Å². The van der Waals surface area contributed by atoms with Gasteiger partial charge in [-0.25, -0.2) is 0 Å². The van der Waals surface area contributed by atoms with E-state index in [-0.39, 0.29) is 11.8 Å². The summed E-state index contributed by atoms with van der Waals surface area (Å²) in [4.78, 5) is 14.4. The number of rotatable bonds is 5. The molecule has 24 heavy (non-hydrogen) atoms. The third-order valence-electron chi connectivity index (χ3n) is 4.10. The number of likely N-dealkylation sites (N-methyl/N-ethyl adjacent to an activating group) is 1. The van der Waals surface area contributed by atoms with Gasteiger partial charge in [-0.3, -0.25) is 15.0 Å². The summed E-state index contributed by atoms with van der Waals surface area (Å²) < 4.78 is 5.48. The average Bonchev–Trinajstić information content (AvgIpc) is 2.80. The van der Waals surface area contributed by atoms with Crippen molar-refractivity contribution >= 4 is 23.4 Å². The van der Waals surface area contributed by atoms with Gasteiger partial charge in [-0.15, -0.1) is 0 Å². The molecule has 5 nitrogen and oxygen atoms in total. The van der Waals surface area contributed by atoms with Gasteiger partial charge in [-0.2, -0.15) is 5.26 Å². The fourth-order valence-corrected chi connectivity index (χ4v) is 2.54. The number of hydrogen-bond acceptors (Lipinski definition) is 4. The minimum absolute atomic E-state index is 0.209. The van der Waals surface area contributed by atoms with Gasteiger partial charge in [0.1, 0.15) is 17.4 Å². The SMILES string of the molecule is Cc1oc(NC(=O)C(C)N(C)Cc2cccc(Cl)c2)c(C#N)c1C. The molecule has 1 amide bonds. The van der Waals surface area contributed by atoms with E-state index in [0.717, 1.165) is 11.1 Å². The van der Waals surface area contributed by atoms with Crippen LogP contribution in [0.5, 0.6) is 0 Å². The van der Waals surface area contributed by atoms with E-state index in [2.05, 4.69) is 11.4 Å². The first-order chi connectivity index (χ1) is 11.3. The molecule has 2 aromatic rings. The van der Waals surface area contributed by atoms with Gasteiger partial charge >= 0.3 is 0 Å². The minimum atomic E-state index is -0.402. The molecule has 1 atom stereocenters. The van der Waals surface area contributed by atoms with Crippen molar-refractivity contribution in [3.63, 3.8) is 0 Å². The zero-order chi connectivity index (χ0) is 17.9. The first-order valence-corrected chi connectivity index (χ1v) is 7.97. The molecular weight excluding hydrogens is 326 g/mol. The summed E-state index contributed by atoms with van der Waals surface area (Å²) in [7, 11) is 1.86. The summed E-state index contributed by atoms with van der Waals surface area (Å²) in [6, 6.07) is 9.19. The van der Waals surface area contributed by atoms with Gasteiger partial charge in [0.2, 0.25) is 11.8 Å². The second-order valence-corrected chi connectivity index (χ2v) is 6.25. The van der Waals surface area contributed by atoms with Crippen molar-refractivity contribution in [1.82, 2.24) is 4.90 Å². The Balaban J connectivity index is 2.07. The lowest BCUT2D eigenvalue weighted by molar-refractivity contribution is -0.120. The van der Waals surface area contributed by atoms with Crippen LogP contribution < -0.4 is 5.32 Å². The summed E-state index contributed by atoms with van der Waals surface area (Å²) >= 11 is 5.99. The van der Waals surface area contributed by atoms with Crippen LogP contribution in [0, 0.1) is 25.2 Å². The second-order valence-electron chi connectivity index (χ2n) is 5.81. The molecule has 0 saturated heterocycles. The van der Waals surface area contributed by atoms with Crippen molar-refractivity contribution in [2.45, 2.75) is 33.4 Å². The maximum Gasteiger partial charge on any atom is 0.243 e. The first kappa shape index (κ1) is 18.1. The van der Waals surface area contributed by atoms with E-state index in [4.69, 9.17) is 16.0 Å². The average molecular weight is 346 g/mol. The number of benzene rings is 1. The molecule has 2 rings (SSSR count). The molecule has 6 heteroatoms. The normalized spacial score (nSPS) is 12.0. The highest BCUT2D eigenvalue weighted by Gasteiger charge is 2.22. The number of halogens is 1. The molecule has 0 aliphatic carbocycles. The summed E-state index contributed by atoms with van der Waals surface area (Å²) in [5, 5.41) is 12.6. The predicted octanol–water partition coefficient (Wildman–Crippen LogP) is 3.88. The van der Waals surface area contributed by atoms with Crippen molar-refractivity contribution in [3.8, 4) is 6.07 Å². The van der Waals surface area contributed by atoms with Gasteiger partial charge in [0.05, 0.1) is 6.04 Å². The molecule has 1 unspecified atom stereocenters. The number of furan rings is 1. The van der Waals surface area contributed by atoms with Crippen molar-refractivity contribution in [2.24, 2.45) is 0 Å². The number of aryl methyl sites for hydroxylation is 1. The number of carbonyl (C=O) groups excluding carboxylic acids is 1. The Morgan fingerprint density at radius 1 is 1.46 bits per heavy atom. The largest absolute Gasteiger partial charge is 0.444 e. The molecule has 0 aliphatic heterocycles. The van der Waals surface area contributed by atoms with E-state index in [0.29, 0.717) is 22.9 Å². The monoisotopic (exact) mass is 345 g/mol. The summed E-state index contributed by atoms with van der Waals surface area (Å²) in [5.74, 6) is 0.604. The Morgan fingerprint density at radius 3 is 2.79 bits per heavy atom. The van der Waals surface area contributed by atoms with Crippen molar-refractivity contribution < 1.29 is 9.21 Å². The van der Waals surface area contributed by atoms with Crippen LogP contribution in [0.15, 0.2) is 28.7 Å². The minimum Gasteiger partial charge on any atom is -0.444 e. The molecule has 0 saturated carbocycles. The third kappa shape index (κ3) is 3.97. The van der Waals surface area contributed by atoms with Crippen LogP contribution in [0.1, 0.15) is 29.4 Å². The number of hydrogen-bond donors (Lipinski definition) is 1. The van der Waals surface area contributed by atoms with Crippen LogP contribution in [0.25, 0.3) is 0 Å².